The van der Waals surface area contributed by atoms with Crippen LogP contribution in [0.1, 0.15) is 96.8 Å². The first-order valence-corrected chi connectivity index (χ1v) is 9.36. The summed E-state index contributed by atoms with van der Waals surface area (Å²) in [7, 11) is 0. The second-order valence-electron chi connectivity index (χ2n) is 6.61. The number of hydroxylamine groups is 1. The minimum Gasteiger partial charge on any atom is -0.370 e. The Bertz CT molecular complexity index is 284. The van der Waals surface area contributed by atoms with E-state index >= 15 is 0 Å². The lowest BCUT2D eigenvalue weighted by atomic mass is 10.0. The maximum absolute atomic E-state index is 10.8. The van der Waals surface area contributed by atoms with E-state index in [1.165, 1.54) is 70.6 Å². The lowest BCUT2D eigenvalue weighted by molar-refractivity contribution is -0.129. The monoisotopic (exact) mass is 313 g/mol. The number of hydrogen-bond donors (Lipinski definition) is 2. The van der Waals surface area contributed by atoms with Crippen LogP contribution in [0, 0.1) is 0 Å². The second kappa shape index (κ2) is 12.9. The number of epoxide rings is 1. The van der Waals surface area contributed by atoms with Crippen LogP contribution in [0.4, 0.5) is 0 Å². The molecule has 0 bridgehead atoms. The van der Waals surface area contributed by atoms with Crippen LogP contribution in [0.5, 0.6) is 0 Å². The van der Waals surface area contributed by atoms with Gasteiger partial charge in [0.25, 0.3) is 0 Å². The summed E-state index contributed by atoms with van der Waals surface area (Å²) >= 11 is 0. The number of unbranched alkanes of at least 4 members (excludes halogenated alkanes) is 9. The molecule has 0 aromatic heterocycles. The zero-order chi connectivity index (χ0) is 16.0. The van der Waals surface area contributed by atoms with E-state index < -0.39 is 0 Å². The summed E-state index contributed by atoms with van der Waals surface area (Å²) in [6.07, 6.45) is 17.8. The van der Waals surface area contributed by atoms with E-state index in [0.717, 1.165) is 12.8 Å². The molecule has 0 aliphatic carbocycles. The Morgan fingerprint density at radius 2 is 1.36 bits per heavy atom. The molecule has 0 spiro atoms. The predicted molar refractivity (Wildman–Crippen MR) is 88.9 cm³/mol. The molecule has 0 radical (unpaired) electrons. The van der Waals surface area contributed by atoms with Crippen molar-refractivity contribution >= 4 is 5.91 Å². The molecule has 1 fully saturated rings. The molecule has 0 aromatic rings. The molecule has 4 nitrogen and oxygen atoms in total. The molecule has 1 aliphatic heterocycles. The molecule has 130 valence electrons. The highest BCUT2D eigenvalue weighted by atomic mass is 16.6. The van der Waals surface area contributed by atoms with E-state index in [-0.39, 0.29) is 5.91 Å². The van der Waals surface area contributed by atoms with Crippen molar-refractivity contribution in [3.8, 4) is 0 Å². The SMILES string of the molecule is CCCCCCCCC1OC1CCCCCCCC(=O)NO. The van der Waals surface area contributed by atoms with Gasteiger partial charge in [0.2, 0.25) is 5.91 Å². The van der Waals surface area contributed by atoms with Gasteiger partial charge >= 0.3 is 0 Å². The van der Waals surface area contributed by atoms with Gasteiger partial charge in [-0.25, -0.2) is 5.48 Å². The van der Waals surface area contributed by atoms with Crippen molar-refractivity contribution in [2.75, 3.05) is 0 Å². The summed E-state index contributed by atoms with van der Waals surface area (Å²) in [4.78, 5) is 10.8. The van der Waals surface area contributed by atoms with E-state index in [2.05, 4.69) is 6.92 Å². The van der Waals surface area contributed by atoms with Gasteiger partial charge in [0.05, 0.1) is 12.2 Å². The maximum Gasteiger partial charge on any atom is 0.243 e. The van der Waals surface area contributed by atoms with Crippen LogP contribution in [-0.2, 0) is 9.53 Å². The maximum atomic E-state index is 10.8. The minimum absolute atomic E-state index is 0.274. The van der Waals surface area contributed by atoms with Crippen molar-refractivity contribution in [2.45, 2.75) is 109 Å². The van der Waals surface area contributed by atoms with Crippen molar-refractivity contribution in [3.63, 3.8) is 0 Å². The average molecular weight is 313 g/mol. The molecule has 0 aromatic carbocycles. The lowest BCUT2D eigenvalue weighted by Gasteiger charge is -2.01. The average Bonchev–Trinajstić information content (AvgIpc) is 3.28. The van der Waals surface area contributed by atoms with Gasteiger partial charge in [-0.3, -0.25) is 10.0 Å². The van der Waals surface area contributed by atoms with Gasteiger partial charge in [0.15, 0.2) is 0 Å². The molecule has 22 heavy (non-hydrogen) atoms. The fourth-order valence-corrected chi connectivity index (χ4v) is 3.03. The number of rotatable bonds is 15. The molecule has 2 atom stereocenters. The Balaban J connectivity index is 1.77. The number of amides is 1. The van der Waals surface area contributed by atoms with Gasteiger partial charge in [-0.15, -0.1) is 0 Å². The Kier molecular flexibility index (Phi) is 11.4. The van der Waals surface area contributed by atoms with Crippen LogP contribution in [-0.4, -0.2) is 23.3 Å². The summed E-state index contributed by atoms with van der Waals surface area (Å²) in [5, 5.41) is 8.37. The predicted octanol–water partition coefficient (Wildman–Crippen LogP) is 4.74. The molecule has 1 heterocycles. The summed E-state index contributed by atoms with van der Waals surface area (Å²) in [5.74, 6) is -0.274. The van der Waals surface area contributed by atoms with Crippen LogP contribution in [0.2, 0.25) is 0 Å². The number of hydrogen-bond acceptors (Lipinski definition) is 3. The van der Waals surface area contributed by atoms with Crippen molar-refractivity contribution in [2.24, 2.45) is 0 Å². The zero-order valence-corrected chi connectivity index (χ0v) is 14.3. The van der Waals surface area contributed by atoms with Gasteiger partial charge < -0.3 is 4.74 Å². The fourth-order valence-electron chi connectivity index (χ4n) is 3.03. The van der Waals surface area contributed by atoms with Crippen LogP contribution in [0.15, 0.2) is 0 Å². The fraction of sp³-hybridized carbons (Fsp3) is 0.944. The van der Waals surface area contributed by atoms with Gasteiger partial charge in [-0.1, -0.05) is 71.1 Å². The first kappa shape index (κ1) is 19.4. The molecule has 1 saturated heterocycles. The Hall–Kier alpha value is -0.610. The summed E-state index contributed by atoms with van der Waals surface area (Å²) in [5.41, 5.74) is 1.67. The number of nitrogens with one attached hydrogen (secondary N) is 1. The Labute approximate surface area is 136 Å². The van der Waals surface area contributed by atoms with Gasteiger partial charge in [-0.05, 0) is 19.3 Å². The van der Waals surface area contributed by atoms with Gasteiger partial charge in [0, 0.05) is 6.42 Å². The lowest BCUT2D eigenvalue weighted by Crippen LogP contribution is -2.17. The van der Waals surface area contributed by atoms with Crippen LogP contribution >= 0.6 is 0 Å². The molecule has 0 saturated carbocycles. The molecular weight excluding hydrogens is 278 g/mol. The first-order chi connectivity index (χ1) is 10.8. The number of carbonyl (C=O) groups is 1. The number of carbonyl (C=O) groups excluding carboxylic acids is 1. The normalized spacial score (nSPS) is 20.1. The highest BCUT2D eigenvalue weighted by Gasteiger charge is 2.36. The smallest absolute Gasteiger partial charge is 0.243 e. The Morgan fingerprint density at radius 3 is 1.91 bits per heavy atom. The van der Waals surface area contributed by atoms with Crippen molar-refractivity contribution < 1.29 is 14.7 Å². The van der Waals surface area contributed by atoms with E-state index in [1.54, 1.807) is 5.48 Å². The highest BCUT2D eigenvalue weighted by Crippen LogP contribution is 2.31. The highest BCUT2D eigenvalue weighted by molar-refractivity contribution is 5.74. The van der Waals surface area contributed by atoms with E-state index in [9.17, 15) is 4.79 Å². The van der Waals surface area contributed by atoms with Crippen molar-refractivity contribution in [1.29, 1.82) is 0 Å². The van der Waals surface area contributed by atoms with Crippen molar-refractivity contribution in [1.82, 2.24) is 5.48 Å². The zero-order valence-electron chi connectivity index (χ0n) is 14.3. The van der Waals surface area contributed by atoms with Gasteiger partial charge in [0.1, 0.15) is 0 Å². The van der Waals surface area contributed by atoms with Crippen LogP contribution in [0.3, 0.4) is 0 Å². The van der Waals surface area contributed by atoms with Gasteiger partial charge in [-0.2, -0.15) is 0 Å². The van der Waals surface area contributed by atoms with E-state index in [0.29, 0.717) is 18.6 Å². The molecule has 1 aliphatic rings. The summed E-state index contributed by atoms with van der Waals surface area (Å²) in [6.45, 7) is 2.26. The molecule has 2 N–H and O–H groups in total. The third-order valence-electron chi connectivity index (χ3n) is 4.55. The van der Waals surface area contributed by atoms with Crippen LogP contribution in [0.25, 0.3) is 0 Å². The molecule has 4 heteroatoms. The number of ether oxygens (including phenoxy) is 1. The van der Waals surface area contributed by atoms with Crippen molar-refractivity contribution in [3.05, 3.63) is 0 Å². The molecule has 1 amide bonds. The summed E-state index contributed by atoms with van der Waals surface area (Å²) < 4.78 is 5.74. The standard InChI is InChI=1S/C18H35NO3/c1-2-3-4-5-7-10-13-16-17(22-16)14-11-8-6-9-12-15-18(20)19-21/h16-17,21H,2-15H2,1H3,(H,19,20). The first-order valence-electron chi connectivity index (χ1n) is 9.36. The minimum atomic E-state index is -0.274. The van der Waals surface area contributed by atoms with E-state index in [4.69, 9.17) is 9.94 Å². The second-order valence-corrected chi connectivity index (χ2v) is 6.61. The Morgan fingerprint density at radius 1 is 0.864 bits per heavy atom. The third-order valence-corrected chi connectivity index (χ3v) is 4.55. The third kappa shape index (κ3) is 10.2. The van der Waals surface area contributed by atoms with E-state index in [1.807, 2.05) is 0 Å². The quantitative estimate of drug-likeness (QED) is 0.199. The molecular formula is C18H35NO3. The summed E-state index contributed by atoms with van der Waals surface area (Å²) in [6, 6.07) is 0. The topological polar surface area (TPSA) is 61.9 Å². The van der Waals surface area contributed by atoms with Crippen LogP contribution < -0.4 is 5.48 Å². The largest absolute Gasteiger partial charge is 0.370 e. The molecule has 1 rings (SSSR count). The molecule has 2 unspecified atom stereocenters.